The van der Waals surface area contributed by atoms with Crippen LogP contribution in [0.25, 0.3) is 0 Å². The molecule has 1 unspecified atom stereocenters. The third kappa shape index (κ3) is 3.04. The summed E-state index contributed by atoms with van der Waals surface area (Å²) in [6.07, 6.45) is 0. The van der Waals surface area contributed by atoms with Crippen LogP contribution in [0.5, 0.6) is 0 Å². The molecule has 1 N–H and O–H groups in total. The smallest absolute Gasteiger partial charge is 0.322 e. The molecule has 0 saturated carbocycles. The van der Waals surface area contributed by atoms with Gasteiger partial charge in [0.15, 0.2) is 0 Å². The van der Waals surface area contributed by atoms with Gasteiger partial charge in [-0.15, -0.1) is 0 Å². The highest BCUT2D eigenvalue weighted by Crippen LogP contribution is 2.38. The molecule has 0 radical (unpaired) electrons. The van der Waals surface area contributed by atoms with Crippen molar-refractivity contribution in [2.45, 2.75) is 19.9 Å². The van der Waals surface area contributed by atoms with Gasteiger partial charge in [-0.05, 0) is 54.8 Å². The summed E-state index contributed by atoms with van der Waals surface area (Å²) in [6, 6.07) is 13.1. The predicted octanol–water partition coefficient (Wildman–Crippen LogP) is 4.06. The second-order valence-corrected chi connectivity index (χ2v) is 8.01. The van der Waals surface area contributed by atoms with Crippen molar-refractivity contribution in [3.63, 3.8) is 0 Å². The molecule has 0 spiro atoms. The van der Waals surface area contributed by atoms with Gasteiger partial charge in [-0.1, -0.05) is 34.1 Å². The second kappa shape index (κ2) is 6.53. The maximum Gasteiger partial charge on any atom is 0.322 e. The van der Waals surface area contributed by atoms with E-state index in [0.717, 1.165) is 32.5 Å². The minimum absolute atomic E-state index is 0.0604. The second-order valence-electron chi connectivity index (χ2n) is 7.09. The number of hydrogen-bond donors (Lipinski definition) is 1. The van der Waals surface area contributed by atoms with Gasteiger partial charge >= 0.3 is 6.03 Å². The Labute approximate surface area is 166 Å². The molecule has 0 aliphatic carbocycles. The van der Waals surface area contributed by atoms with Crippen molar-refractivity contribution in [3.05, 3.63) is 74.9 Å². The van der Waals surface area contributed by atoms with Crippen molar-refractivity contribution in [3.8, 4) is 0 Å². The van der Waals surface area contributed by atoms with Crippen LogP contribution in [-0.2, 0) is 4.79 Å². The average molecular weight is 426 g/mol. The molecule has 138 valence electrons. The van der Waals surface area contributed by atoms with E-state index in [1.54, 1.807) is 16.8 Å². The first kappa shape index (κ1) is 17.8. The largest absolute Gasteiger partial charge is 0.327 e. The Morgan fingerprint density at radius 2 is 1.67 bits per heavy atom. The number of likely N-dealkylation sites (N-methyl/N-ethyl adjacent to an activating group) is 1. The Morgan fingerprint density at radius 3 is 2.30 bits per heavy atom. The van der Waals surface area contributed by atoms with E-state index in [9.17, 15) is 9.59 Å². The number of rotatable bonds is 2. The molecule has 4 rings (SSSR count). The number of anilines is 1. The number of urea groups is 1. The number of aryl methyl sites for hydroxylation is 2. The molecule has 2 aromatic rings. The van der Waals surface area contributed by atoms with Crippen molar-refractivity contribution in [1.29, 1.82) is 0 Å². The molecule has 5 nitrogen and oxygen atoms in total. The molecule has 6 heteroatoms. The van der Waals surface area contributed by atoms with E-state index < -0.39 is 6.04 Å². The lowest BCUT2D eigenvalue weighted by Crippen LogP contribution is -2.45. The van der Waals surface area contributed by atoms with Crippen LogP contribution < -0.4 is 10.2 Å². The molecule has 27 heavy (non-hydrogen) atoms. The van der Waals surface area contributed by atoms with E-state index in [-0.39, 0.29) is 11.9 Å². The summed E-state index contributed by atoms with van der Waals surface area (Å²) in [5, 5.41) is 2.96. The highest BCUT2D eigenvalue weighted by Gasteiger charge is 2.43. The van der Waals surface area contributed by atoms with Crippen molar-refractivity contribution in [2.75, 3.05) is 18.5 Å². The zero-order chi connectivity index (χ0) is 19.3. The molecule has 1 atom stereocenters. The Kier molecular flexibility index (Phi) is 4.30. The molecule has 3 amide bonds. The molecule has 2 aliphatic heterocycles. The average Bonchev–Trinajstić information content (AvgIpc) is 2.96. The summed E-state index contributed by atoms with van der Waals surface area (Å²) >= 11 is 3.43. The number of carbonyl (C=O) groups is 2. The molecule has 0 saturated heterocycles. The third-order valence-corrected chi connectivity index (χ3v) is 5.61. The van der Waals surface area contributed by atoms with Gasteiger partial charge in [-0.2, -0.15) is 0 Å². The Morgan fingerprint density at radius 1 is 1.04 bits per heavy atom. The van der Waals surface area contributed by atoms with Crippen LogP contribution in [0.15, 0.2) is 58.2 Å². The van der Waals surface area contributed by atoms with Gasteiger partial charge in [-0.3, -0.25) is 9.69 Å². The zero-order valence-corrected chi connectivity index (χ0v) is 17.0. The summed E-state index contributed by atoms with van der Waals surface area (Å²) in [5.74, 6) is -0.0604. The van der Waals surface area contributed by atoms with Crippen LogP contribution in [0.1, 0.15) is 22.7 Å². The molecule has 0 bridgehead atoms. The molecule has 2 heterocycles. The Bertz CT molecular complexity index is 961. The summed E-state index contributed by atoms with van der Waals surface area (Å²) < 4.78 is 0.953. The van der Waals surface area contributed by atoms with Gasteiger partial charge in [0.1, 0.15) is 0 Å². The molecule has 0 aromatic heterocycles. The number of benzene rings is 2. The van der Waals surface area contributed by atoms with Crippen LogP contribution >= 0.6 is 15.9 Å². The number of nitrogens with zero attached hydrogens (tertiary/aromatic N) is 2. The van der Waals surface area contributed by atoms with E-state index in [0.29, 0.717) is 12.1 Å². The number of nitrogens with one attached hydrogen (secondary N) is 1. The van der Waals surface area contributed by atoms with Crippen LogP contribution in [0.4, 0.5) is 10.5 Å². The van der Waals surface area contributed by atoms with Gasteiger partial charge in [0.2, 0.25) is 0 Å². The highest BCUT2D eigenvalue weighted by molar-refractivity contribution is 9.10. The molecule has 2 aliphatic rings. The van der Waals surface area contributed by atoms with Gasteiger partial charge in [0, 0.05) is 17.2 Å². The maximum absolute atomic E-state index is 13.3. The zero-order valence-electron chi connectivity index (χ0n) is 15.4. The number of hydrogen-bond acceptors (Lipinski definition) is 2. The maximum atomic E-state index is 13.3. The third-order valence-electron chi connectivity index (χ3n) is 5.08. The molecular weight excluding hydrogens is 406 g/mol. The van der Waals surface area contributed by atoms with E-state index >= 15 is 0 Å². The minimum Gasteiger partial charge on any atom is -0.327 e. The summed E-state index contributed by atoms with van der Waals surface area (Å²) in [4.78, 5) is 29.1. The van der Waals surface area contributed by atoms with Crippen molar-refractivity contribution in [2.24, 2.45) is 0 Å². The lowest BCUT2D eigenvalue weighted by atomic mass is 9.96. The lowest BCUT2D eigenvalue weighted by molar-refractivity contribution is -0.114. The van der Waals surface area contributed by atoms with E-state index in [4.69, 9.17) is 0 Å². The van der Waals surface area contributed by atoms with Crippen LogP contribution in [0, 0.1) is 13.8 Å². The van der Waals surface area contributed by atoms with Gasteiger partial charge in [0.25, 0.3) is 5.91 Å². The predicted molar refractivity (Wildman–Crippen MR) is 108 cm³/mol. The first-order valence-corrected chi connectivity index (χ1v) is 9.57. The van der Waals surface area contributed by atoms with Crippen molar-refractivity contribution < 1.29 is 9.59 Å². The summed E-state index contributed by atoms with van der Waals surface area (Å²) in [7, 11) is 1.71. The number of amides is 3. The van der Waals surface area contributed by atoms with Crippen molar-refractivity contribution in [1.82, 2.24) is 10.2 Å². The SMILES string of the molecule is Cc1cc(C)cc(N2CC3=C(C2=O)C(c2ccc(Br)cc2)NC(=O)N3C)c1. The fraction of sp³-hybridized carbons (Fsp3) is 0.238. The highest BCUT2D eigenvalue weighted by atomic mass is 79.9. The lowest BCUT2D eigenvalue weighted by Gasteiger charge is -2.31. The Hall–Kier alpha value is -2.60. The number of halogens is 1. The van der Waals surface area contributed by atoms with Crippen molar-refractivity contribution >= 4 is 33.6 Å². The van der Waals surface area contributed by atoms with Gasteiger partial charge in [0.05, 0.1) is 23.9 Å². The van der Waals surface area contributed by atoms with Gasteiger partial charge in [-0.25, -0.2) is 4.79 Å². The fourth-order valence-corrected chi connectivity index (χ4v) is 4.05. The topological polar surface area (TPSA) is 52.7 Å². The standard InChI is InChI=1S/C21H20BrN3O2/c1-12-8-13(2)10-16(9-12)25-11-17-18(20(25)26)19(23-21(27)24(17)3)14-4-6-15(22)7-5-14/h4-10,19H,11H2,1-3H3,(H,23,27). The molecular formula is C21H20BrN3O2. The molecule has 0 fully saturated rings. The quantitative estimate of drug-likeness (QED) is 0.788. The van der Waals surface area contributed by atoms with E-state index in [1.807, 2.05) is 50.2 Å². The van der Waals surface area contributed by atoms with Crippen LogP contribution in [0.2, 0.25) is 0 Å². The van der Waals surface area contributed by atoms with Crippen LogP contribution in [0.3, 0.4) is 0 Å². The first-order chi connectivity index (χ1) is 12.8. The van der Waals surface area contributed by atoms with E-state index in [2.05, 4.69) is 27.3 Å². The Balaban J connectivity index is 1.77. The van der Waals surface area contributed by atoms with Crippen LogP contribution in [-0.4, -0.2) is 30.4 Å². The monoisotopic (exact) mass is 425 g/mol. The molecule has 2 aromatic carbocycles. The van der Waals surface area contributed by atoms with E-state index in [1.165, 1.54) is 0 Å². The summed E-state index contributed by atoms with van der Waals surface area (Å²) in [6.45, 7) is 4.44. The minimum atomic E-state index is -0.444. The number of carbonyl (C=O) groups excluding carboxylic acids is 2. The van der Waals surface area contributed by atoms with Gasteiger partial charge < -0.3 is 10.2 Å². The first-order valence-electron chi connectivity index (χ1n) is 8.78. The normalized spacial score (nSPS) is 19.5. The fourth-order valence-electron chi connectivity index (χ4n) is 3.79. The summed E-state index contributed by atoms with van der Waals surface area (Å²) in [5.41, 5.74) is 5.36.